The Balaban J connectivity index is 1.22. The van der Waals surface area contributed by atoms with E-state index in [1.54, 1.807) is 6.07 Å². The number of nitrogens with zero attached hydrogens (tertiary/aromatic N) is 1. The molecule has 5 nitrogen and oxygen atoms in total. The predicted molar refractivity (Wildman–Crippen MR) is 150 cm³/mol. The quantitative estimate of drug-likeness (QED) is 0.295. The molecule has 0 spiro atoms. The van der Waals surface area contributed by atoms with Gasteiger partial charge in [-0.2, -0.15) is 0 Å². The molecule has 1 fully saturated rings. The average Bonchev–Trinajstić information content (AvgIpc) is 3.69. The maximum Gasteiger partial charge on any atom is 0.230 e. The highest BCUT2D eigenvalue weighted by Gasteiger charge is 2.50. The van der Waals surface area contributed by atoms with Gasteiger partial charge in [-0.1, -0.05) is 48.5 Å². The first-order valence-corrected chi connectivity index (χ1v) is 13.3. The Hall–Kier alpha value is -2.87. The number of carbonyl (C=O) groups excluding carboxylic acids is 1. The van der Waals surface area contributed by atoms with Crippen LogP contribution in [-0.4, -0.2) is 36.9 Å². The van der Waals surface area contributed by atoms with Gasteiger partial charge in [0.1, 0.15) is 5.75 Å². The topological polar surface area (TPSA) is 73.7 Å². The van der Waals surface area contributed by atoms with Crippen LogP contribution in [0.2, 0.25) is 0 Å². The molecule has 35 heavy (non-hydrogen) atoms. The zero-order chi connectivity index (χ0) is 24.3. The predicted octanol–water partition coefficient (Wildman–Crippen LogP) is 5.28. The lowest BCUT2D eigenvalue weighted by atomic mass is 9.92. The third kappa shape index (κ3) is 5.22. The Morgan fingerprint density at radius 1 is 1.06 bits per heavy atom. The number of phenolic OH excluding ortho intramolecular Hbond substituents is 1. The van der Waals surface area contributed by atoms with Crippen LogP contribution in [0.3, 0.4) is 0 Å². The number of halogens is 1. The van der Waals surface area contributed by atoms with Gasteiger partial charge < -0.3 is 15.7 Å². The number of carbonyl (C=O) groups is 1. The lowest BCUT2D eigenvalue weighted by Gasteiger charge is -2.21. The van der Waals surface area contributed by atoms with E-state index in [2.05, 4.69) is 62.5 Å². The fourth-order valence-electron chi connectivity index (χ4n) is 4.94. The average molecular weight is 579 g/mol. The molecule has 3 aliphatic rings. The number of hydrogen-bond acceptors (Lipinski definition) is 4. The van der Waals surface area contributed by atoms with Gasteiger partial charge in [0.05, 0.1) is 5.41 Å². The van der Waals surface area contributed by atoms with Crippen molar-refractivity contribution in [3.05, 3.63) is 92.7 Å². The number of phenols is 1. The molecular formula is C29H30IN3O2. The SMILES string of the molecule is O=C(NCCCNC1=CC(c2ccccc2O)=CC2=C(I)C=NCC2C1)C1(c2ccccc2)CC1. The molecule has 6 heteroatoms. The van der Waals surface area contributed by atoms with Crippen molar-refractivity contribution in [3.8, 4) is 5.75 Å². The summed E-state index contributed by atoms with van der Waals surface area (Å²) >= 11 is 2.35. The van der Waals surface area contributed by atoms with Crippen LogP contribution in [0, 0.1) is 5.92 Å². The molecule has 1 amide bonds. The number of allylic oxidation sites excluding steroid dienone is 5. The molecular weight excluding hydrogens is 549 g/mol. The summed E-state index contributed by atoms with van der Waals surface area (Å²) in [5, 5.41) is 17.2. The highest BCUT2D eigenvalue weighted by Crippen LogP contribution is 2.48. The maximum absolute atomic E-state index is 12.9. The largest absolute Gasteiger partial charge is 0.507 e. The van der Waals surface area contributed by atoms with Crippen molar-refractivity contribution in [2.45, 2.75) is 31.1 Å². The number of nitrogens with one attached hydrogen (secondary N) is 2. The second-order valence-electron chi connectivity index (χ2n) is 9.47. The van der Waals surface area contributed by atoms with Gasteiger partial charge in [0.15, 0.2) is 0 Å². The molecule has 1 unspecified atom stereocenters. The zero-order valence-electron chi connectivity index (χ0n) is 19.6. The minimum absolute atomic E-state index is 0.145. The van der Waals surface area contributed by atoms with E-state index < -0.39 is 0 Å². The van der Waals surface area contributed by atoms with Crippen LogP contribution >= 0.6 is 22.6 Å². The zero-order valence-corrected chi connectivity index (χ0v) is 21.8. The molecule has 2 aromatic rings. The lowest BCUT2D eigenvalue weighted by molar-refractivity contribution is -0.123. The summed E-state index contributed by atoms with van der Waals surface area (Å²) in [5.41, 5.74) is 5.03. The van der Waals surface area contributed by atoms with Crippen molar-refractivity contribution in [2.24, 2.45) is 10.9 Å². The Morgan fingerprint density at radius 3 is 2.60 bits per heavy atom. The first-order valence-electron chi connectivity index (χ1n) is 12.2. The standard InChI is InChI=1S/C29H30IN3O2/c30-26-19-31-18-21-16-23(15-20(17-25(21)26)24-9-4-5-10-27(24)34)32-13-6-14-33-28(35)29(11-12-29)22-7-2-1-3-8-22/h1-5,7-10,15,17,19,21,32,34H,6,11-14,16,18H2,(H,33,35). The van der Waals surface area contributed by atoms with Gasteiger partial charge in [0, 0.05) is 46.6 Å². The minimum atomic E-state index is -0.322. The Morgan fingerprint density at radius 2 is 1.83 bits per heavy atom. The molecule has 1 heterocycles. The first kappa shape index (κ1) is 23.9. The van der Waals surface area contributed by atoms with Gasteiger partial charge in [0.2, 0.25) is 5.91 Å². The number of benzene rings is 2. The Bertz CT molecular complexity index is 1230. The van der Waals surface area contributed by atoms with Crippen molar-refractivity contribution in [1.29, 1.82) is 0 Å². The van der Waals surface area contributed by atoms with Crippen LogP contribution < -0.4 is 10.6 Å². The summed E-state index contributed by atoms with van der Waals surface area (Å²) < 4.78 is 1.15. The first-order chi connectivity index (χ1) is 17.1. The number of fused-ring (bicyclic) bond motifs is 1. The van der Waals surface area contributed by atoms with Gasteiger partial charge >= 0.3 is 0 Å². The number of aliphatic imine (C=N–C) groups is 1. The molecule has 0 bridgehead atoms. The van der Waals surface area contributed by atoms with Crippen LogP contribution in [0.4, 0.5) is 0 Å². The number of dihydropyridines is 1. The molecule has 180 valence electrons. The summed E-state index contributed by atoms with van der Waals surface area (Å²) in [5.74, 6) is 0.740. The van der Waals surface area contributed by atoms with Crippen molar-refractivity contribution >= 4 is 40.3 Å². The molecule has 2 aromatic carbocycles. The van der Waals surface area contributed by atoms with Gasteiger partial charge in [-0.05, 0) is 83.2 Å². The van der Waals surface area contributed by atoms with Crippen LogP contribution in [-0.2, 0) is 10.2 Å². The number of hydrogen-bond donors (Lipinski definition) is 3. The van der Waals surface area contributed by atoms with E-state index in [4.69, 9.17) is 0 Å². The second kappa shape index (κ2) is 10.4. The third-order valence-corrected chi connectivity index (χ3v) is 7.97. The van der Waals surface area contributed by atoms with E-state index in [9.17, 15) is 9.90 Å². The highest BCUT2D eigenvalue weighted by molar-refractivity contribution is 14.1. The number of aromatic hydroxyl groups is 1. The van der Waals surface area contributed by atoms with Gasteiger partial charge in [-0.15, -0.1) is 0 Å². The van der Waals surface area contributed by atoms with Gasteiger partial charge in [-0.25, -0.2) is 0 Å². The van der Waals surface area contributed by atoms with Crippen molar-refractivity contribution in [1.82, 2.24) is 10.6 Å². The van der Waals surface area contributed by atoms with Gasteiger partial charge in [0.25, 0.3) is 0 Å². The molecule has 1 aliphatic heterocycles. The van der Waals surface area contributed by atoms with E-state index in [0.29, 0.717) is 12.5 Å². The monoisotopic (exact) mass is 579 g/mol. The maximum atomic E-state index is 12.9. The summed E-state index contributed by atoms with van der Waals surface area (Å²) in [6.07, 6.45) is 9.84. The Labute approximate surface area is 220 Å². The number of amides is 1. The lowest BCUT2D eigenvalue weighted by Crippen LogP contribution is -2.36. The fraction of sp³-hybridized carbons (Fsp3) is 0.310. The van der Waals surface area contributed by atoms with E-state index in [1.807, 2.05) is 42.6 Å². The summed E-state index contributed by atoms with van der Waals surface area (Å²) in [6.45, 7) is 2.18. The van der Waals surface area contributed by atoms with Crippen LogP contribution in [0.25, 0.3) is 5.57 Å². The van der Waals surface area contributed by atoms with E-state index in [1.165, 1.54) is 5.57 Å². The summed E-state index contributed by atoms with van der Waals surface area (Å²) in [6, 6.07) is 17.6. The van der Waals surface area contributed by atoms with Crippen LogP contribution in [0.1, 0.15) is 36.8 Å². The number of para-hydroxylation sites is 1. The molecule has 3 N–H and O–H groups in total. The molecule has 1 atom stereocenters. The highest BCUT2D eigenvalue weighted by atomic mass is 127. The summed E-state index contributed by atoms with van der Waals surface area (Å²) in [4.78, 5) is 17.4. The molecule has 5 rings (SSSR count). The smallest absolute Gasteiger partial charge is 0.230 e. The number of rotatable bonds is 8. The molecule has 1 saturated carbocycles. The van der Waals surface area contributed by atoms with Crippen LogP contribution in [0.15, 0.2) is 86.6 Å². The van der Waals surface area contributed by atoms with E-state index >= 15 is 0 Å². The van der Waals surface area contributed by atoms with E-state index in [0.717, 1.165) is 64.7 Å². The van der Waals surface area contributed by atoms with E-state index in [-0.39, 0.29) is 17.1 Å². The minimum Gasteiger partial charge on any atom is -0.507 e. The van der Waals surface area contributed by atoms with Crippen LogP contribution in [0.5, 0.6) is 5.75 Å². The van der Waals surface area contributed by atoms with Crippen molar-refractivity contribution in [2.75, 3.05) is 19.6 Å². The molecule has 0 radical (unpaired) electrons. The molecule has 0 saturated heterocycles. The Kier molecular flexibility index (Phi) is 7.09. The summed E-state index contributed by atoms with van der Waals surface area (Å²) in [7, 11) is 0. The van der Waals surface area contributed by atoms with Crippen molar-refractivity contribution < 1.29 is 9.90 Å². The fourth-order valence-corrected chi connectivity index (χ4v) is 5.74. The van der Waals surface area contributed by atoms with Gasteiger partial charge in [-0.3, -0.25) is 9.79 Å². The normalized spacial score (nSPS) is 20.3. The second-order valence-corrected chi connectivity index (χ2v) is 10.6. The molecule has 0 aromatic heterocycles. The third-order valence-electron chi connectivity index (χ3n) is 7.07. The molecule has 2 aliphatic carbocycles. The van der Waals surface area contributed by atoms with Crippen molar-refractivity contribution in [3.63, 3.8) is 0 Å².